The van der Waals surface area contributed by atoms with E-state index in [0.29, 0.717) is 0 Å². The first-order valence-electron chi connectivity index (χ1n) is 8.99. The zero-order valence-corrected chi connectivity index (χ0v) is 15.7. The molecule has 0 unspecified atom stereocenters. The van der Waals surface area contributed by atoms with Gasteiger partial charge in [0.05, 0.1) is 12.4 Å². The molecule has 0 spiro atoms. The second kappa shape index (κ2) is 14.3. The molecule has 0 aliphatic carbocycles. The summed E-state index contributed by atoms with van der Waals surface area (Å²) in [5.41, 5.74) is 0. The fourth-order valence-corrected chi connectivity index (χ4v) is 3.18. The van der Waals surface area contributed by atoms with Crippen LogP contribution in [0.1, 0.15) is 90.9 Å². The second-order valence-corrected chi connectivity index (χ2v) is 7.88. The average molecular weight is 333 g/mol. The molecular formula is C18H36O3S. The maximum Gasteiger partial charge on any atom is 0.264 e. The highest BCUT2D eigenvalue weighted by Crippen LogP contribution is 2.12. The highest BCUT2D eigenvalue weighted by molar-refractivity contribution is 7.86. The van der Waals surface area contributed by atoms with E-state index >= 15 is 0 Å². The van der Waals surface area contributed by atoms with Crippen molar-refractivity contribution in [2.45, 2.75) is 97.0 Å². The molecule has 0 fully saturated rings. The minimum atomic E-state index is -3.30. The van der Waals surface area contributed by atoms with Gasteiger partial charge in [-0.1, -0.05) is 70.4 Å². The van der Waals surface area contributed by atoms with E-state index in [1.165, 1.54) is 64.2 Å². The lowest BCUT2D eigenvalue weighted by Crippen LogP contribution is -2.13. The molecule has 0 heterocycles. The Bertz CT molecular complexity index is 361. The molecule has 0 radical (unpaired) electrons. The number of rotatable bonds is 15. The normalized spacial score (nSPS) is 13.8. The quantitative estimate of drug-likeness (QED) is 0.222. The van der Waals surface area contributed by atoms with Crippen molar-refractivity contribution in [3.8, 4) is 0 Å². The number of hydrogen-bond acceptors (Lipinski definition) is 3. The minimum absolute atomic E-state index is 0.186. The van der Waals surface area contributed by atoms with E-state index in [1.54, 1.807) is 0 Å². The van der Waals surface area contributed by atoms with Gasteiger partial charge in [0, 0.05) is 0 Å². The third kappa shape index (κ3) is 17.7. The van der Waals surface area contributed by atoms with Gasteiger partial charge in [-0.3, -0.25) is 4.18 Å². The SMILES string of the molecule is CCCCC=CCCCCCCCCC[C@@H](C)OS(C)(=O)=O. The molecule has 3 nitrogen and oxygen atoms in total. The highest BCUT2D eigenvalue weighted by atomic mass is 32.2. The molecule has 0 amide bonds. The van der Waals surface area contributed by atoms with E-state index < -0.39 is 10.1 Å². The van der Waals surface area contributed by atoms with Gasteiger partial charge < -0.3 is 0 Å². The van der Waals surface area contributed by atoms with Gasteiger partial charge >= 0.3 is 0 Å². The first-order valence-corrected chi connectivity index (χ1v) is 10.8. The summed E-state index contributed by atoms with van der Waals surface area (Å²) < 4.78 is 26.8. The van der Waals surface area contributed by atoms with Crippen LogP contribution >= 0.6 is 0 Å². The van der Waals surface area contributed by atoms with Crippen molar-refractivity contribution in [2.24, 2.45) is 0 Å². The third-order valence-electron chi connectivity index (χ3n) is 3.71. The summed E-state index contributed by atoms with van der Waals surface area (Å²) in [7, 11) is -3.30. The zero-order chi connectivity index (χ0) is 16.7. The van der Waals surface area contributed by atoms with Gasteiger partial charge in [-0.05, 0) is 32.6 Å². The molecular weight excluding hydrogens is 296 g/mol. The molecule has 0 aromatic carbocycles. The van der Waals surface area contributed by atoms with Crippen molar-refractivity contribution < 1.29 is 12.6 Å². The van der Waals surface area contributed by atoms with Crippen LogP contribution in [-0.4, -0.2) is 20.8 Å². The topological polar surface area (TPSA) is 43.4 Å². The molecule has 132 valence electrons. The van der Waals surface area contributed by atoms with Gasteiger partial charge in [-0.2, -0.15) is 8.42 Å². The van der Waals surface area contributed by atoms with Crippen LogP contribution in [0.4, 0.5) is 0 Å². The lowest BCUT2D eigenvalue weighted by molar-refractivity contribution is 0.216. The number of allylic oxidation sites excluding steroid dienone is 2. The van der Waals surface area contributed by atoms with Crippen LogP contribution in [0.2, 0.25) is 0 Å². The Hall–Kier alpha value is -0.350. The van der Waals surface area contributed by atoms with E-state index in [9.17, 15) is 8.42 Å². The second-order valence-electron chi connectivity index (χ2n) is 6.28. The molecule has 0 rings (SSSR count). The fourth-order valence-electron chi connectivity index (χ4n) is 2.48. The third-order valence-corrected chi connectivity index (χ3v) is 4.39. The molecule has 0 saturated heterocycles. The summed E-state index contributed by atoms with van der Waals surface area (Å²) in [6.45, 7) is 4.06. The smallest absolute Gasteiger partial charge is 0.264 e. The van der Waals surface area contributed by atoms with E-state index in [2.05, 4.69) is 19.1 Å². The molecule has 0 aliphatic heterocycles. The van der Waals surface area contributed by atoms with Crippen LogP contribution in [0.5, 0.6) is 0 Å². The Morgan fingerprint density at radius 2 is 1.36 bits per heavy atom. The molecule has 1 atom stereocenters. The van der Waals surface area contributed by atoms with Crippen LogP contribution < -0.4 is 0 Å². The maximum absolute atomic E-state index is 10.9. The van der Waals surface area contributed by atoms with Crippen LogP contribution in [0.15, 0.2) is 12.2 Å². The fraction of sp³-hybridized carbons (Fsp3) is 0.889. The number of unbranched alkanes of at least 4 members (excludes halogenated alkanes) is 9. The van der Waals surface area contributed by atoms with Crippen LogP contribution in [0.25, 0.3) is 0 Å². The van der Waals surface area contributed by atoms with Crippen molar-refractivity contribution in [3.63, 3.8) is 0 Å². The van der Waals surface area contributed by atoms with Crippen molar-refractivity contribution >= 4 is 10.1 Å². The summed E-state index contributed by atoms with van der Waals surface area (Å²) in [5.74, 6) is 0. The molecule has 0 saturated carbocycles. The minimum Gasteiger partial charge on any atom is -0.267 e. The monoisotopic (exact) mass is 332 g/mol. The predicted molar refractivity (Wildman–Crippen MR) is 95.6 cm³/mol. The predicted octanol–water partition coefficient (Wildman–Crippen LogP) is 5.61. The Morgan fingerprint density at radius 1 is 0.864 bits per heavy atom. The molecule has 0 aromatic rings. The van der Waals surface area contributed by atoms with E-state index in [1.807, 2.05) is 6.92 Å². The Labute approximate surface area is 138 Å². The van der Waals surface area contributed by atoms with Gasteiger partial charge in [0.1, 0.15) is 0 Å². The molecule has 0 bridgehead atoms. The van der Waals surface area contributed by atoms with Gasteiger partial charge in [-0.25, -0.2) is 0 Å². The van der Waals surface area contributed by atoms with Crippen molar-refractivity contribution in [1.82, 2.24) is 0 Å². The van der Waals surface area contributed by atoms with Gasteiger partial charge in [0.25, 0.3) is 10.1 Å². The molecule has 4 heteroatoms. The van der Waals surface area contributed by atoms with Gasteiger partial charge in [0.15, 0.2) is 0 Å². The summed E-state index contributed by atoms with van der Waals surface area (Å²) in [4.78, 5) is 0. The Balaban J connectivity index is 3.25. The molecule has 0 aromatic heterocycles. The average Bonchev–Trinajstić information content (AvgIpc) is 2.42. The standard InChI is InChI=1S/C18H36O3S/c1-4-5-6-7-8-9-10-11-12-13-14-15-16-17-18(2)21-22(3,19)20/h7-8,18H,4-6,9-17H2,1-3H3/t18-/m1/s1. The summed E-state index contributed by atoms with van der Waals surface area (Å²) in [5, 5.41) is 0. The highest BCUT2D eigenvalue weighted by Gasteiger charge is 2.09. The summed E-state index contributed by atoms with van der Waals surface area (Å²) >= 11 is 0. The Kier molecular flexibility index (Phi) is 14.0. The molecule has 22 heavy (non-hydrogen) atoms. The lowest BCUT2D eigenvalue weighted by atomic mass is 10.1. The number of hydrogen-bond donors (Lipinski definition) is 0. The summed E-state index contributed by atoms with van der Waals surface area (Å²) in [6, 6.07) is 0. The van der Waals surface area contributed by atoms with E-state index in [-0.39, 0.29) is 6.10 Å². The summed E-state index contributed by atoms with van der Waals surface area (Å²) in [6.07, 6.45) is 20.2. The van der Waals surface area contributed by atoms with E-state index in [0.717, 1.165) is 19.1 Å². The first kappa shape index (κ1) is 21.6. The van der Waals surface area contributed by atoms with E-state index in [4.69, 9.17) is 4.18 Å². The maximum atomic E-state index is 10.9. The van der Waals surface area contributed by atoms with Crippen LogP contribution in [-0.2, 0) is 14.3 Å². The van der Waals surface area contributed by atoms with Gasteiger partial charge in [-0.15, -0.1) is 0 Å². The van der Waals surface area contributed by atoms with Crippen LogP contribution in [0.3, 0.4) is 0 Å². The molecule has 0 aliphatic rings. The zero-order valence-electron chi connectivity index (χ0n) is 14.9. The van der Waals surface area contributed by atoms with Crippen molar-refractivity contribution in [1.29, 1.82) is 0 Å². The largest absolute Gasteiger partial charge is 0.267 e. The Morgan fingerprint density at radius 3 is 1.91 bits per heavy atom. The van der Waals surface area contributed by atoms with Gasteiger partial charge in [0.2, 0.25) is 0 Å². The first-order chi connectivity index (χ1) is 10.5. The molecule has 0 N–H and O–H groups in total. The van der Waals surface area contributed by atoms with Crippen molar-refractivity contribution in [3.05, 3.63) is 12.2 Å². The van der Waals surface area contributed by atoms with Crippen LogP contribution in [0, 0.1) is 0 Å². The lowest BCUT2D eigenvalue weighted by Gasteiger charge is -2.10. The van der Waals surface area contributed by atoms with Crippen molar-refractivity contribution in [2.75, 3.05) is 6.26 Å².